The number of anilines is 1. The molecule has 0 saturated heterocycles. The number of carboxylic acid groups (broad SMARTS) is 1. The maximum Gasteiger partial charge on any atom is 0.337 e. The molecule has 0 radical (unpaired) electrons. The lowest BCUT2D eigenvalue weighted by Crippen LogP contribution is -2.02. The van der Waals surface area contributed by atoms with Crippen molar-refractivity contribution in [3.63, 3.8) is 0 Å². The van der Waals surface area contributed by atoms with E-state index in [1.165, 1.54) is 6.07 Å². The van der Waals surface area contributed by atoms with Crippen molar-refractivity contribution >= 4 is 17.7 Å². The molecule has 3 aromatic rings. The summed E-state index contributed by atoms with van der Waals surface area (Å²) in [4.78, 5) is 11.2. The zero-order valence-electron chi connectivity index (χ0n) is 12.9. The molecule has 120 valence electrons. The van der Waals surface area contributed by atoms with Crippen molar-refractivity contribution < 1.29 is 9.90 Å². The fourth-order valence-corrected chi connectivity index (χ4v) is 2.17. The number of hydrogen-bond acceptors (Lipinski definition) is 5. The van der Waals surface area contributed by atoms with Crippen LogP contribution in [-0.2, 0) is 0 Å². The van der Waals surface area contributed by atoms with Crippen molar-refractivity contribution in [1.29, 1.82) is 0 Å². The largest absolute Gasteiger partial charge is 0.478 e. The Morgan fingerprint density at radius 2 is 1.92 bits per heavy atom. The van der Waals surface area contributed by atoms with Crippen LogP contribution < -0.4 is 5.32 Å². The van der Waals surface area contributed by atoms with Crippen molar-refractivity contribution in [2.45, 2.75) is 6.92 Å². The zero-order chi connectivity index (χ0) is 16.9. The molecule has 0 aliphatic carbocycles. The van der Waals surface area contributed by atoms with Crippen LogP contribution in [-0.4, -0.2) is 31.3 Å². The van der Waals surface area contributed by atoms with Gasteiger partial charge in [-0.1, -0.05) is 29.8 Å². The molecular formula is C17H15N5O2. The molecule has 0 amide bonds. The average Bonchev–Trinajstić information content (AvgIpc) is 3.04. The number of nitrogens with one attached hydrogen (secondary N) is 1. The number of carboxylic acids is 1. The molecule has 3 rings (SSSR count). The third-order valence-electron chi connectivity index (χ3n) is 3.40. The van der Waals surface area contributed by atoms with Crippen molar-refractivity contribution in [3.05, 3.63) is 71.7 Å². The van der Waals surface area contributed by atoms with Crippen molar-refractivity contribution in [1.82, 2.24) is 20.2 Å². The molecule has 1 aromatic heterocycles. The summed E-state index contributed by atoms with van der Waals surface area (Å²) in [6.07, 6.45) is 3.29. The minimum absolute atomic E-state index is 0.195. The summed E-state index contributed by atoms with van der Waals surface area (Å²) in [6, 6.07) is 14.5. The molecular weight excluding hydrogens is 306 g/mol. The molecule has 0 atom stereocenters. The first-order valence-corrected chi connectivity index (χ1v) is 7.26. The maximum absolute atomic E-state index is 11.2. The predicted octanol–water partition coefficient (Wildman–Crippen LogP) is 2.75. The molecule has 0 saturated carbocycles. The number of nitrogens with zero attached hydrogens (tertiary/aromatic N) is 4. The van der Waals surface area contributed by atoms with Crippen LogP contribution >= 0.6 is 0 Å². The molecule has 0 bridgehead atoms. The van der Waals surface area contributed by atoms with E-state index >= 15 is 0 Å². The van der Waals surface area contributed by atoms with Gasteiger partial charge in [0.2, 0.25) is 0 Å². The van der Waals surface area contributed by atoms with Crippen LogP contribution in [0.25, 0.3) is 11.8 Å². The van der Waals surface area contributed by atoms with Gasteiger partial charge in [-0.3, -0.25) is 0 Å². The molecule has 0 aliphatic rings. The fourth-order valence-electron chi connectivity index (χ4n) is 2.17. The van der Waals surface area contributed by atoms with Crippen LogP contribution in [0.2, 0.25) is 0 Å². The van der Waals surface area contributed by atoms with E-state index in [1.807, 2.05) is 31.2 Å². The van der Waals surface area contributed by atoms with E-state index in [-0.39, 0.29) is 5.56 Å². The van der Waals surface area contributed by atoms with Crippen LogP contribution in [0.3, 0.4) is 0 Å². The second-order valence-corrected chi connectivity index (χ2v) is 5.11. The first-order valence-electron chi connectivity index (χ1n) is 7.26. The zero-order valence-corrected chi connectivity index (χ0v) is 12.9. The summed E-state index contributed by atoms with van der Waals surface area (Å²) in [6.45, 7) is 2.01. The Bertz CT molecular complexity index is 884. The maximum atomic E-state index is 11.2. The molecule has 2 aromatic carbocycles. The summed E-state index contributed by atoms with van der Waals surface area (Å²) >= 11 is 0. The lowest BCUT2D eigenvalue weighted by atomic mass is 10.2. The molecule has 0 unspecified atom stereocenters. The Morgan fingerprint density at radius 1 is 1.17 bits per heavy atom. The fraction of sp³-hybridized carbons (Fsp3) is 0.0588. The number of carbonyl (C=O) groups is 1. The number of tetrazole rings is 1. The monoisotopic (exact) mass is 321 g/mol. The Kier molecular flexibility index (Phi) is 4.33. The highest BCUT2D eigenvalue weighted by molar-refractivity contribution is 5.94. The molecule has 0 aliphatic heterocycles. The second-order valence-electron chi connectivity index (χ2n) is 5.11. The summed E-state index contributed by atoms with van der Waals surface area (Å²) < 4.78 is 1.60. The first-order chi connectivity index (χ1) is 11.6. The summed E-state index contributed by atoms with van der Waals surface area (Å²) in [7, 11) is 0. The van der Waals surface area contributed by atoms with E-state index < -0.39 is 5.97 Å². The van der Waals surface area contributed by atoms with Crippen LogP contribution in [0.15, 0.2) is 54.7 Å². The number of hydrogen-bond donors (Lipinski definition) is 2. The molecule has 2 N–H and O–H groups in total. The van der Waals surface area contributed by atoms with Gasteiger partial charge in [0.15, 0.2) is 5.82 Å². The Hall–Kier alpha value is -3.48. The quantitative estimate of drug-likeness (QED) is 0.750. The van der Waals surface area contributed by atoms with Gasteiger partial charge >= 0.3 is 5.97 Å². The second kappa shape index (κ2) is 6.74. The molecule has 24 heavy (non-hydrogen) atoms. The van der Waals surface area contributed by atoms with Crippen molar-refractivity contribution in [3.8, 4) is 5.69 Å². The molecule has 0 fully saturated rings. The SMILES string of the molecule is Cc1ccc(-n2nnnc2C=CNc2ccccc2C(=O)O)cc1. The van der Waals surface area contributed by atoms with Crippen LogP contribution in [0.5, 0.6) is 0 Å². The van der Waals surface area contributed by atoms with E-state index in [0.717, 1.165) is 11.3 Å². The molecule has 1 heterocycles. The van der Waals surface area contributed by atoms with E-state index in [4.69, 9.17) is 5.11 Å². The highest BCUT2D eigenvalue weighted by Gasteiger charge is 2.08. The van der Waals surface area contributed by atoms with Crippen molar-refractivity contribution in [2.75, 3.05) is 5.32 Å². The topological polar surface area (TPSA) is 92.9 Å². The van der Waals surface area contributed by atoms with Crippen LogP contribution in [0, 0.1) is 6.92 Å². The standard InChI is InChI=1S/C17H15N5O2/c1-12-6-8-13(9-7-12)22-16(19-20-21-22)10-11-18-15-5-3-2-4-14(15)17(23)24/h2-11,18H,1H3,(H,23,24). The van der Waals surface area contributed by atoms with Gasteiger partial charge in [0.05, 0.1) is 16.9 Å². The molecule has 7 nitrogen and oxygen atoms in total. The van der Waals surface area contributed by atoms with Gasteiger partial charge in [0.1, 0.15) is 0 Å². The van der Waals surface area contributed by atoms with E-state index in [0.29, 0.717) is 11.5 Å². The smallest absolute Gasteiger partial charge is 0.337 e. The summed E-state index contributed by atoms with van der Waals surface area (Å²) in [5, 5.41) is 23.7. The Balaban J connectivity index is 1.81. The van der Waals surface area contributed by atoms with Crippen LogP contribution in [0.1, 0.15) is 21.7 Å². The Morgan fingerprint density at radius 3 is 2.67 bits per heavy atom. The van der Waals surface area contributed by atoms with E-state index in [2.05, 4.69) is 20.8 Å². The molecule has 0 spiro atoms. The summed E-state index contributed by atoms with van der Waals surface area (Å²) in [5.41, 5.74) is 2.68. The van der Waals surface area contributed by atoms with Gasteiger partial charge in [-0.15, -0.1) is 5.10 Å². The van der Waals surface area contributed by atoms with Gasteiger partial charge in [-0.25, -0.2) is 4.79 Å². The molecule has 7 heteroatoms. The highest BCUT2D eigenvalue weighted by atomic mass is 16.4. The lowest BCUT2D eigenvalue weighted by Gasteiger charge is -2.05. The lowest BCUT2D eigenvalue weighted by molar-refractivity contribution is 0.0698. The normalized spacial score (nSPS) is 10.9. The summed E-state index contributed by atoms with van der Waals surface area (Å²) in [5.74, 6) is -0.463. The third-order valence-corrected chi connectivity index (χ3v) is 3.40. The van der Waals surface area contributed by atoms with Gasteiger partial charge in [0, 0.05) is 12.3 Å². The number of aromatic nitrogens is 4. The number of aromatic carboxylic acids is 1. The minimum atomic E-state index is -0.990. The van der Waals surface area contributed by atoms with Crippen LogP contribution in [0.4, 0.5) is 5.69 Å². The average molecular weight is 321 g/mol. The number of benzene rings is 2. The van der Waals surface area contributed by atoms with Crippen molar-refractivity contribution in [2.24, 2.45) is 0 Å². The van der Waals surface area contributed by atoms with Gasteiger partial charge in [0.25, 0.3) is 0 Å². The van der Waals surface area contributed by atoms with Gasteiger partial charge in [-0.05, 0) is 41.6 Å². The number of aryl methyl sites for hydroxylation is 1. The third kappa shape index (κ3) is 3.30. The first kappa shape index (κ1) is 15.4. The van der Waals surface area contributed by atoms with Gasteiger partial charge in [-0.2, -0.15) is 4.68 Å². The van der Waals surface area contributed by atoms with E-state index in [1.54, 1.807) is 35.2 Å². The highest BCUT2D eigenvalue weighted by Crippen LogP contribution is 2.15. The predicted molar refractivity (Wildman–Crippen MR) is 89.9 cm³/mol. The Labute approximate surface area is 138 Å². The number of para-hydroxylation sites is 1. The van der Waals surface area contributed by atoms with E-state index in [9.17, 15) is 4.79 Å². The number of rotatable bonds is 5. The van der Waals surface area contributed by atoms with Gasteiger partial charge < -0.3 is 10.4 Å². The minimum Gasteiger partial charge on any atom is -0.478 e.